The van der Waals surface area contributed by atoms with E-state index < -0.39 is 10.0 Å². The van der Waals surface area contributed by atoms with Crippen LogP contribution in [0.25, 0.3) is 0 Å². The summed E-state index contributed by atoms with van der Waals surface area (Å²) in [6.45, 7) is 1.93. The first kappa shape index (κ1) is 18.1. The summed E-state index contributed by atoms with van der Waals surface area (Å²) < 4.78 is 25.6. The van der Waals surface area contributed by atoms with E-state index in [2.05, 4.69) is 21.6 Å². The Morgan fingerprint density at radius 3 is 2.67 bits per heavy atom. The van der Waals surface area contributed by atoms with Crippen molar-refractivity contribution in [2.24, 2.45) is 10.1 Å². The fraction of sp³-hybridized carbons (Fsp3) is 0.263. The molecule has 0 saturated carbocycles. The van der Waals surface area contributed by atoms with E-state index in [-0.39, 0.29) is 6.04 Å². The Morgan fingerprint density at radius 2 is 2.00 bits per heavy atom. The summed E-state index contributed by atoms with van der Waals surface area (Å²) in [5.41, 5.74) is 7.67. The molecule has 2 heterocycles. The SMILES string of the molecule is C[C@@H]1Cc2cc(C3=NNC(=Nc4ccccc4)SC3)ccc2N1S(C)(=O)=O. The molecule has 2 aliphatic rings. The summed E-state index contributed by atoms with van der Waals surface area (Å²) in [6.07, 6.45) is 1.97. The summed E-state index contributed by atoms with van der Waals surface area (Å²) in [4.78, 5) is 4.54. The number of hydrogen-bond acceptors (Lipinski definition) is 5. The average Bonchev–Trinajstić information content (AvgIpc) is 2.98. The topological polar surface area (TPSA) is 74.1 Å². The van der Waals surface area contributed by atoms with E-state index in [4.69, 9.17) is 0 Å². The van der Waals surface area contributed by atoms with Crippen molar-refractivity contribution in [3.63, 3.8) is 0 Å². The zero-order chi connectivity index (χ0) is 19.0. The minimum atomic E-state index is -3.27. The van der Waals surface area contributed by atoms with Crippen LogP contribution < -0.4 is 9.73 Å². The van der Waals surface area contributed by atoms with Gasteiger partial charge in [-0.25, -0.2) is 13.4 Å². The smallest absolute Gasteiger partial charge is 0.232 e. The monoisotopic (exact) mass is 400 g/mol. The van der Waals surface area contributed by atoms with Gasteiger partial charge in [0, 0.05) is 11.8 Å². The van der Waals surface area contributed by atoms with E-state index in [1.807, 2.05) is 49.4 Å². The van der Waals surface area contributed by atoms with Crippen LogP contribution in [0, 0.1) is 0 Å². The Bertz CT molecular complexity index is 1030. The molecule has 0 fully saturated rings. The molecule has 8 heteroatoms. The molecule has 27 heavy (non-hydrogen) atoms. The third-order valence-electron chi connectivity index (χ3n) is 4.54. The summed E-state index contributed by atoms with van der Waals surface area (Å²) in [5.74, 6) is 0.711. The first-order chi connectivity index (χ1) is 12.9. The summed E-state index contributed by atoms with van der Waals surface area (Å²) in [5, 5.41) is 5.24. The predicted octanol–water partition coefficient (Wildman–Crippen LogP) is 3.13. The number of sulfonamides is 1. The van der Waals surface area contributed by atoms with Gasteiger partial charge in [0.15, 0.2) is 5.17 Å². The standard InChI is InChI=1S/C19H20N4O2S2/c1-13-10-15-11-14(8-9-18(15)23(13)27(2,24)25)17-12-26-19(22-21-17)20-16-6-4-3-5-7-16/h3-9,11,13H,10,12H2,1-2H3,(H,20,22)/t13-/m1/s1. The first-order valence-corrected chi connectivity index (χ1v) is 11.5. The van der Waals surface area contributed by atoms with Gasteiger partial charge in [-0.05, 0) is 48.7 Å². The number of hydrogen-bond donors (Lipinski definition) is 1. The fourth-order valence-electron chi connectivity index (χ4n) is 3.43. The van der Waals surface area contributed by atoms with E-state index in [0.717, 1.165) is 33.4 Å². The van der Waals surface area contributed by atoms with Gasteiger partial charge >= 0.3 is 0 Å². The van der Waals surface area contributed by atoms with Crippen LogP contribution in [0.15, 0.2) is 58.6 Å². The Kier molecular flexibility index (Phi) is 4.69. The van der Waals surface area contributed by atoms with Gasteiger partial charge in [0.1, 0.15) is 0 Å². The Balaban J connectivity index is 1.56. The van der Waals surface area contributed by atoms with Crippen molar-refractivity contribution >= 4 is 44.0 Å². The number of benzene rings is 2. The second-order valence-electron chi connectivity index (χ2n) is 6.67. The molecule has 0 saturated heterocycles. The Morgan fingerprint density at radius 1 is 1.22 bits per heavy atom. The lowest BCUT2D eigenvalue weighted by Gasteiger charge is -2.22. The van der Waals surface area contributed by atoms with Crippen molar-refractivity contribution in [3.05, 3.63) is 59.7 Å². The van der Waals surface area contributed by atoms with Crippen LogP contribution >= 0.6 is 11.8 Å². The minimum Gasteiger partial charge on any atom is -0.267 e. The maximum atomic E-state index is 12.1. The van der Waals surface area contributed by atoms with Gasteiger partial charge < -0.3 is 0 Å². The highest BCUT2D eigenvalue weighted by atomic mass is 32.2. The van der Waals surface area contributed by atoms with Gasteiger partial charge in [-0.1, -0.05) is 36.0 Å². The van der Waals surface area contributed by atoms with Gasteiger partial charge in [-0.2, -0.15) is 5.10 Å². The van der Waals surface area contributed by atoms with E-state index in [1.54, 1.807) is 11.8 Å². The lowest BCUT2D eigenvalue weighted by atomic mass is 10.0. The number of para-hydroxylation sites is 1. The number of fused-ring (bicyclic) bond motifs is 1. The lowest BCUT2D eigenvalue weighted by Crippen LogP contribution is -2.34. The number of nitrogens with one attached hydrogen (secondary N) is 1. The van der Waals surface area contributed by atoms with E-state index in [1.165, 1.54) is 10.6 Å². The van der Waals surface area contributed by atoms with Crippen molar-refractivity contribution in [2.45, 2.75) is 19.4 Å². The van der Waals surface area contributed by atoms with Crippen molar-refractivity contribution in [3.8, 4) is 0 Å². The van der Waals surface area contributed by atoms with Crippen molar-refractivity contribution in [1.29, 1.82) is 0 Å². The van der Waals surface area contributed by atoms with Crippen LogP contribution in [0.5, 0.6) is 0 Å². The molecule has 0 spiro atoms. The molecule has 1 N–H and O–H groups in total. The molecule has 0 aromatic heterocycles. The summed E-state index contributed by atoms with van der Waals surface area (Å²) in [7, 11) is -3.27. The number of nitrogens with zero attached hydrogens (tertiary/aromatic N) is 3. The predicted molar refractivity (Wildman–Crippen MR) is 113 cm³/mol. The summed E-state index contributed by atoms with van der Waals surface area (Å²) >= 11 is 1.60. The van der Waals surface area contributed by atoms with Gasteiger partial charge in [0.05, 0.1) is 23.3 Å². The van der Waals surface area contributed by atoms with Crippen LogP contribution in [-0.4, -0.2) is 37.3 Å². The van der Waals surface area contributed by atoms with Crippen LogP contribution in [0.3, 0.4) is 0 Å². The molecule has 0 radical (unpaired) electrons. The molecule has 4 rings (SSSR count). The Labute approximate surface area is 163 Å². The highest BCUT2D eigenvalue weighted by Crippen LogP contribution is 2.35. The average molecular weight is 401 g/mol. The zero-order valence-electron chi connectivity index (χ0n) is 15.1. The zero-order valence-corrected chi connectivity index (χ0v) is 16.7. The molecule has 0 bridgehead atoms. The molecule has 2 aliphatic heterocycles. The fourth-order valence-corrected chi connectivity index (χ4v) is 5.48. The largest absolute Gasteiger partial charge is 0.267 e. The quantitative estimate of drug-likeness (QED) is 0.859. The second-order valence-corrected chi connectivity index (χ2v) is 9.49. The number of hydrazone groups is 1. The number of rotatable bonds is 3. The molecule has 140 valence electrons. The number of anilines is 1. The van der Waals surface area contributed by atoms with Crippen LogP contribution in [0.1, 0.15) is 18.1 Å². The van der Waals surface area contributed by atoms with Gasteiger partial charge in [0.25, 0.3) is 0 Å². The van der Waals surface area contributed by atoms with E-state index in [0.29, 0.717) is 12.2 Å². The molecule has 2 aromatic carbocycles. The molecule has 0 unspecified atom stereocenters. The minimum absolute atomic E-state index is 0.0596. The lowest BCUT2D eigenvalue weighted by molar-refractivity contribution is 0.590. The highest BCUT2D eigenvalue weighted by Gasteiger charge is 2.32. The van der Waals surface area contributed by atoms with Gasteiger partial charge in [-0.3, -0.25) is 9.73 Å². The molecule has 6 nitrogen and oxygen atoms in total. The number of thioether (sulfide) groups is 1. The molecular formula is C19H20N4O2S2. The second kappa shape index (κ2) is 7.01. The third-order valence-corrected chi connectivity index (χ3v) is 6.69. The maximum Gasteiger partial charge on any atom is 0.232 e. The van der Waals surface area contributed by atoms with Crippen molar-refractivity contribution in [1.82, 2.24) is 5.43 Å². The third kappa shape index (κ3) is 3.72. The van der Waals surface area contributed by atoms with Crippen LogP contribution in [-0.2, 0) is 16.4 Å². The number of amidine groups is 1. The molecule has 1 atom stereocenters. The number of aliphatic imine (C=N–C) groups is 1. The summed E-state index contributed by atoms with van der Waals surface area (Å²) in [6, 6.07) is 15.6. The first-order valence-electron chi connectivity index (χ1n) is 8.63. The molecular weight excluding hydrogens is 380 g/mol. The molecule has 2 aromatic rings. The van der Waals surface area contributed by atoms with E-state index in [9.17, 15) is 8.42 Å². The normalized spacial score (nSPS) is 21.0. The van der Waals surface area contributed by atoms with Crippen molar-refractivity contribution < 1.29 is 8.42 Å². The molecule has 0 amide bonds. The maximum absolute atomic E-state index is 12.1. The van der Waals surface area contributed by atoms with Gasteiger partial charge in [-0.15, -0.1) is 0 Å². The molecule has 0 aliphatic carbocycles. The van der Waals surface area contributed by atoms with Crippen molar-refractivity contribution in [2.75, 3.05) is 16.3 Å². The van der Waals surface area contributed by atoms with Gasteiger partial charge in [0.2, 0.25) is 10.0 Å². The van der Waals surface area contributed by atoms with E-state index >= 15 is 0 Å². The Hall–Kier alpha value is -2.32. The van der Waals surface area contributed by atoms with Crippen LogP contribution in [0.4, 0.5) is 11.4 Å². The highest BCUT2D eigenvalue weighted by molar-refractivity contribution is 8.14. The van der Waals surface area contributed by atoms with Crippen LogP contribution in [0.2, 0.25) is 0 Å².